The van der Waals surface area contributed by atoms with Crippen molar-refractivity contribution in [2.24, 2.45) is 0 Å². The number of aliphatic hydroxyl groups is 1. The van der Waals surface area contributed by atoms with Gasteiger partial charge in [0.1, 0.15) is 0 Å². The Morgan fingerprint density at radius 3 is 2.59 bits per heavy atom. The fourth-order valence-electron chi connectivity index (χ4n) is 1.49. The Morgan fingerprint density at radius 1 is 1.41 bits per heavy atom. The van der Waals surface area contributed by atoms with Gasteiger partial charge in [-0.15, -0.1) is 0 Å². The lowest BCUT2D eigenvalue weighted by molar-refractivity contribution is 0.214. The van der Waals surface area contributed by atoms with Crippen molar-refractivity contribution >= 4 is 17.4 Å². The van der Waals surface area contributed by atoms with E-state index in [1.165, 1.54) is 4.90 Å². The number of hydrogen-bond acceptors (Lipinski definition) is 3. The number of anilines is 2. The normalized spacial score (nSPS) is 10.1. The SMILES string of the molecule is CCN(C)C(=O)N(CCO)c1ccccc1N. The molecule has 0 fully saturated rings. The third-order valence-corrected chi connectivity index (χ3v) is 2.58. The molecule has 0 atom stereocenters. The van der Waals surface area contributed by atoms with Crippen LogP contribution in [-0.2, 0) is 0 Å². The van der Waals surface area contributed by atoms with Crippen LogP contribution < -0.4 is 10.6 Å². The molecule has 3 N–H and O–H groups in total. The summed E-state index contributed by atoms with van der Waals surface area (Å²) < 4.78 is 0. The number of hydrogen-bond donors (Lipinski definition) is 2. The molecule has 0 spiro atoms. The maximum absolute atomic E-state index is 12.1. The van der Waals surface area contributed by atoms with Gasteiger partial charge >= 0.3 is 6.03 Å². The molecular formula is C12H19N3O2. The minimum Gasteiger partial charge on any atom is -0.397 e. The van der Waals surface area contributed by atoms with Crippen LogP contribution in [0.25, 0.3) is 0 Å². The summed E-state index contributed by atoms with van der Waals surface area (Å²) in [4.78, 5) is 15.2. The van der Waals surface area contributed by atoms with Crippen LogP contribution >= 0.6 is 0 Å². The van der Waals surface area contributed by atoms with Gasteiger partial charge in [-0.3, -0.25) is 4.90 Å². The van der Waals surface area contributed by atoms with E-state index >= 15 is 0 Å². The van der Waals surface area contributed by atoms with Gasteiger partial charge < -0.3 is 15.7 Å². The monoisotopic (exact) mass is 237 g/mol. The molecule has 2 amide bonds. The second-order valence-electron chi connectivity index (χ2n) is 3.73. The molecule has 0 saturated heterocycles. The van der Waals surface area contributed by atoms with Crippen molar-refractivity contribution in [1.29, 1.82) is 0 Å². The molecule has 0 aromatic heterocycles. The molecule has 0 aliphatic heterocycles. The number of amides is 2. The van der Waals surface area contributed by atoms with E-state index in [-0.39, 0.29) is 19.2 Å². The van der Waals surface area contributed by atoms with Crippen LogP contribution in [0.3, 0.4) is 0 Å². The second kappa shape index (κ2) is 6.10. The summed E-state index contributed by atoms with van der Waals surface area (Å²) in [7, 11) is 1.71. The van der Waals surface area contributed by atoms with Crippen LogP contribution in [0.2, 0.25) is 0 Å². The molecule has 0 heterocycles. The molecule has 5 heteroatoms. The second-order valence-corrected chi connectivity index (χ2v) is 3.73. The van der Waals surface area contributed by atoms with Crippen molar-refractivity contribution in [2.75, 3.05) is 37.4 Å². The van der Waals surface area contributed by atoms with Gasteiger partial charge in [-0.1, -0.05) is 12.1 Å². The minimum absolute atomic E-state index is 0.0996. The molecule has 0 radical (unpaired) electrons. The third kappa shape index (κ3) is 3.10. The lowest BCUT2D eigenvalue weighted by Crippen LogP contribution is -2.43. The summed E-state index contributed by atoms with van der Waals surface area (Å²) in [5.74, 6) is 0. The Balaban J connectivity index is 3.01. The van der Waals surface area contributed by atoms with Crippen LogP contribution in [0.15, 0.2) is 24.3 Å². The van der Waals surface area contributed by atoms with E-state index in [1.54, 1.807) is 24.1 Å². The smallest absolute Gasteiger partial charge is 0.324 e. The number of carbonyl (C=O) groups is 1. The first kappa shape index (κ1) is 13.3. The fourth-order valence-corrected chi connectivity index (χ4v) is 1.49. The molecule has 94 valence electrons. The van der Waals surface area contributed by atoms with E-state index in [4.69, 9.17) is 10.8 Å². The average Bonchev–Trinajstić information content (AvgIpc) is 2.35. The highest BCUT2D eigenvalue weighted by Crippen LogP contribution is 2.23. The summed E-state index contributed by atoms with van der Waals surface area (Å²) in [6.45, 7) is 2.63. The van der Waals surface area contributed by atoms with Crippen LogP contribution in [0.5, 0.6) is 0 Å². The zero-order valence-electron chi connectivity index (χ0n) is 10.3. The van der Waals surface area contributed by atoms with Crippen molar-refractivity contribution in [1.82, 2.24) is 4.90 Å². The van der Waals surface area contributed by atoms with Gasteiger partial charge in [-0.05, 0) is 19.1 Å². The number of nitrogens with two attached hydrogens (primary N) is 1. The van der Waals surface area contributed by atoms with Crippen molar-refractivity contribution in [3.8, 4) is 0 Å². The van der Waals surface area contributed by atoms with Crippen LogP contribution in [0, 0.1) is 0 Å². The van der Waals surface area contributed by atoms with E-state index in [1.807, 2.05) is 19.1 Å². The van der Waals surface area contributed by atoms with Crippen LogP contribution in [0.1, 0.15) is 6.92 Å². The van der Waals surface area contributed by atoms with Gasteiger partial charge in [0.2, 0.25) is 0 Å². The number of benzene rings is 1. The number of nitrogens with zero attached hydrogens (tertiary/aromatic N) is 2. The van der Waals surface area contributed by atoms with E-state index < -0.39 is 0 Å². The number of urea groups is 1. The lowest BCUT2D eigenvalue weighted by atomic mass is 10.2. The summed E-state index contributed by atoms with van der Waals surface area (Å²) in [5.41, 5.74) is 7.00. The Labute approximate surface area is 101 Å². The minimum atomic E-state index is -0.167. The van der Waals surface area contributed by atoms with Gasteiger partial charge in [0.25, 0.3) is 0 Å². The summed E-state index contributed by atoms with van der Waals surface area (Å²) in [5, 5.41) is 9.04. The molecule has 0 unspecified atom stereocenters. The van der Waals surface area contributed by atoms with E-state index in [0.29, 0.717) is 17.9 Å². The largest absolute Gasteiger partial charge is 0.397 e. The van der Waals surface area contributed by atoms with E-state index in [2.05, 4.69) is 0 Å². The first-order valence-corrected chi connectivity index (χ1v) is 5.59. The number of para-hydroxylation sites is 2. The molecular weight excluding hydrogens is 218 g/mol. The van der Waals surface area contributed by atoms with Crippen LogP contribution in [-0.4, -0.2) is 42.8 Å². The van der Waals surface area contributed by atoms with E-state index in [0.717, 1.165) is 0 Å². The highest BCUT2D eigenvalue weighted by atomic mass is 16.3. The molecule has 5 nitrogen and oxygen atoms in total. The van der Waals surface area contributed by atoms with Gasteiger partial charge in [-0.25, -0.2) is 4.79 Å². The number of aliphatic hydroxyl groups excluding tert-OH is 1. The fraction of sp³-hybridized carbons (Fsp3) is 0.417. The topological polar surface area (TPSA) is 69.8 Å². The summed E-state index contributed by atoms with van der Waals surface area (Å²) in [6, 6.07) is 6.96. The molecule has 17 heavy (non-hydrogen) atoms. The quantitative estimate of drug-likeness (QED) is 0.771. The first-order valence-electron chi connectivity index (χ1n) is 5.59. The number of nitrogen functional groups attached to an aromatic ring is 1. The van der Waals surface area contributed by atoms with E-state index in [9.17, 15) is 4.79 Å². The molecule has 1 aromatic carbocycles. The van der Waals surface area contributed by atoms with Gasteiger partial charge in [0.05, 0.1) is 24.5 Å². The molecule has 0 aliphatic rings. The van der Waals surface area contributed by atoms with Crippen molar-refractivity contribution in [3.05, 3.63) is 24.3 Å². The van der Waals surface area contributed by atoms with Crippen LogP contribution in [0.4, 0.5) is 16.2 Å². The molecule has 0 bridgehead atoms. The zero-order valence-corrected chi connectivity index (χ0v) is 10.3. The number of rotatable bonds is 4. The maximum Gasteiger partial charge on any atom is 0.324 e. The van der Waals surface area contributed by atoms with Gasteiger partial charge in [0, 0.05) is 13.6 Å². The van der Waals surface area contributed by atoms with Gasteiger partial charge in [-0.2, -0.15) is 0 Å². The highest BCUT2D eigenvalue weighted by molar-refractivity contribution is 5.95. The Bertz CT molecular complexity index is 382. The third-order valence-electron chi connectivity index (χ3n) is 2.58. The zero-order chi connectivity index (χ0) is 12.8. The first-order chi connectivity index (χ1) is 8.11. The molecule has 0 saturated carbocycles. The number of carbonyl (C=O) groups excluding carboxylic acids is 1. The van der Waals surface area contributed by atoms with Crippen molar-refractivity contribution in [2.45, 2.75) is 6.92 Å². The predicted octanol–water partition coefficient (Wildman–Crippen LogP) is 1.14. The molecule has 1 rings (SSSR count). The Morgan fingerprint density at radius 2 is 2.06 bits per heavy atom. The summed E-state index contributed by atoms with van der Waals surface area (Å²) in [6.07, 6.45) is 0. The van der Waals surface area contributed by atoms with Crippen molar-refractivity contribution in [3.63, 3.8) is 0 Å². The van der Waals surface area contributed by atoms with Crippen molar-refractivity contribution < 1.29 is 9.90 Å². The Kier molecular flexibility index (Phi) is 4.78. The van der Waals surface area contributed by atoms with Gasteiger partial charge in [0.15, 0.2) is 0 Å². The standard InChI is InChI=1S/C12H19N3O2/c1-3-14(2)12(17)15(8-9-16)11-7-5-4-6-10(11)13/h4-7,16H,3,8-9,13H2,1-2H3. The molecule has 1 aromatic rings. The Hall–Kier alpha value is -1.75. The average molecular weight is 237 g/mol. The molecule has 0 aliphatic carbocycles. The summed E-state index contributed by atoms with van der Waals surface area (Å²) >= 11 is 0. The highest BCUT2D eigenvalue weighted by Gasteiger charge is 2.19. The maximum atomic E-state index is 12.1. The lowest BCUT2D eigenvalue weighted by Gasteiger charge is -2.27. The predicted molar refractivity (Wildman–Crippen MR) is 69.0 cm³/mol.